The van der Waals surface area contributed by atoms with Crippen LogP contribution < -0.4 is 10.7 Å². The van der Waals surface area contributed by atoms with Gasteiger partial charge in [-0.05, 0) is 49.7 Å². The Kier molecular flexibility index (Phi) is 5.71. The molecule has 0 unspecified atom stereocenters. The topological polar surface area (TPSA) is 66.6 Å². The van der Waals surface area contributed by atoms with Gasteiger partial charge in [0, 0.05) is 17.8 Å². The summed E-state index contributed by atoms with van der Waals surface area (Å²) in [6, 6.07) is 9.54. The van der Waals surface area contributed by atoms with Crippen LogP contribution in [0.2, 0.25) is 0 Å². The molecule has 0 radical (unpaired) electrons. The SMILES string of the molecule is C/C(CCc1ccco1)=N\NC(=O)CNc1ccc(F)cc1. The van der Waals surface area contributed by atoms with Crippen molar-refractivity contribution in [2.45, 2.75) is 19.8 Å². The molecule has 1 aromatic heterocycles. The molecule has 1 aromatic carbocycles. The maximum atomic E-state index is 12.7. The van der Waals surface area contributed by atoms with Gasteiger partial charge in [-0.15, -0.1) is 0 Å². The van der Waals surface area contributed by atoms with Crippen molar-refractivity contribution in [3.63, 3.8) is 0 Å². The average molecular weight is 303 g/mol. The highest BCUT2D eigenvalue weighted by molar-refractivity contribution is 5.85. The number of hydrogen-bond acceptors (Lipinski definition) is 4. The minimum atomic E-state index is -0.313. The number of carbonyl (C=O) groups excluding carboxylic acids is 1. The fourth-order valence-electron chi connectivity index (χ4n) is 1.76. The van der Waals surface area contributed by atoms with E-state index >= 15 is 0 Å². The van der Waals surface area contributed by atoms with Crippen LogP contribution in [0.1, 0.15) is 19.1 Å². The second-order valence-electron chi connectivity index (χ2n) is 4.82. The van der Waals surface area contributed by atoms with Crippen molar-refractivity contribution in [2.24, 2.45) is 5.10 Å². The second-order valence-corrected chi connectivity index (χ2v) is 4.82. The molecule has 5 nitrogen and oxygen atoms in total. The van der Waals surface area contributed by atoms with Gasteiger partial charge in [0.2, 0.25) is 0 Å². The van der Waals surface area contributed by atoms with E-state index in [2.05, 4.69) is 15.8 Å². The lowest BCUT2D eigenvalue weighted by Crippen LogP contribution is -2.26. The summed E-state index contributed by atoms with van der Waals surface area (Å²) in [6.07, 6.45) is 3.08. The summed E-state index contributed by atoms with van der Waals surface area (Å²) in [7, 11) is 0. The third kappa shape index (κ3) is 5.40. The van der Waals surface area contributed by atoms with Gasteiger partial charge in [-0.1, -0.05) is 0 Å². The smallest absolute Gasteiger partial charge is 0.259 e. The Labute approximate surface area is 128 Å². The summed E-state index contributed by atoms with van der Waals surface area (Å²) in [5.41, 5.74) is 3.96. The van der Waals surface area contributed by atoms with Crippen LogP contribution in [0.25, 0.3) is 0 Å². The number of halogens is 1. The summed E-state index contributed by atoms with van der Waals surface area (Å²) in [4.78, 5) is 11.6. The largest absolute Gasteiger partial charge is 0.469 e. The zero-order chi connectivity index (χ0) is 15.8. The number of nitrogens with zero attached hydrogens (tertiary/aromatic N) is 1. The van der Waals surface area contributed by atoms with E-state index in [1.165, 1.54) is 12.1 Å². The molecule has 6 heteroatoms. The summed E-state index contributed by atoms with van der Waals surface area (Å²) in [5, 5.41) is 6.91. The van der Waals surface area contributed by atoms with E-state index in [9.17, 15) is 9.18 Å². The first-order chi connectivity index (χ1) is 10.6. The first kappa shape index (κ1) is 15.8. The normalized spacial score (nSPS) is 11.3. The Hall–Kier alpha value is -2.63. The number of benzene rings is 1. The van der Waals surface area contributed by atoms with E-state index in [4.69, 9.17) is 4.42 Å². The zero-order valence-electron chi connectivity index (χ0n) is 12.3. The Morgan fingerprint density at radius 3 is 2.73 bits per heavy atom. The molecule has 2 rings (SSSR count). The van der Waals surface area contributed by atoms with E-state index in [0.717, 1.165) is 17.9 Å². The number of hydrazone groups is 1. The van der Waals surface area contributed by atoms with E-state index in [1.54, 1.807) is 18.4 Å². The average Bonchev–Trinajstić information content (AvgIpc) is 3.04. The van der Waals surface area contributed by atoms with Gasteiger partial charge in [-0.3, -0.25) is 4.79 Å². The molecule has 0 aliphatic rings. The molecule has 2 aromatic rings. The summed E-state index contributed by atoms with van der Waals surface area (Å²) in [6.45, 7) is 1.91. The van der Waals surface area contributed by atoms with Gasteiger partial charge in [0.15, 0.2) is 0 Å². The molecule has 0 saturated carbocycles. The number of hydrogen-bond donors (Lipinski definition) is 2. The van der Waals surface area contributed by atoms with E-state index in [1.807, 2.05) is 19.1 Å². The molecular formula is C16H18FN3O2. The highest BCUT2D eigenvalue weighted by Gasteiger charge is 2.02. The standard InChI is InChI=1S/C16H18FN3O2/c1-12(4-9-15-3-2-10-22-15)19-20-16(21)11-18-14-7-5-13(17)6-8-14/h2-3,5-8,10,18H,4,9,11H2,1H3,(H,20,21)/b19-12+. The minimum Gasteiger partial charge on any atom is -0.469 e. The van der Waals surface area contributed by atoms with Gasteiger partial charge < -0.3 is 9.73 Å². The van der Waals surface area contributed by atoms with E-state index in [0.29, 0.717) is 12.1 Å². The summed E-state index contributed by atoms with van der Waals surface area (Å²) in [5.74, 6) is 0.312. The summed E-state index contributed by atoms with van der Waals surface area (Å²) < 4.78 is 18.0. The van der Waals surface area contributed by atoms with Crippen LogP contribution in [0.5, 0.6) is 0 Å². The number of rotatable bonds is 7. The highest BCUT2D eigenvalue weighted by Crippen LogP contribution is 2.07. The quantitative estimate of drug-likeness (QED) is 0.610. The lowest BCUT2D eigenvalue weighted by Gasteiger charge is -2.05. The second kappa shape index (κ2) is 7.97. The van der Waals surface area contributed by atoms with Gasteiger partial charge in [0.25, 0.3) is 5.91 Å². The molecule has 22 heavy (non-hydrogen) atoms. The van der Waals surface area contributed by atoms with Gasteiger partial charge in [-0.25, -0.2) is 9.82 Å². The summed E-state index contributed by atoms with van der Waals surface area (Å²) >= 11 is 0. The van der Waals surface area contributed by atoms with Gasteiger partial charge in [0.1, 0.15) is 11.6 Å². The predicted molar refractivity (Wildman–Crippen MR) is 83.2 cm³/mol. The first-order valence-electron chi connectivity index (χ1n) is 6.97. The van der Waals surface area contributed by atoms with Crippen molar-refractivity contribution in [3.05, 3.63) is 54.2 Å². The van der Waals surface area contributed by atoms with Crippen LogP contribution in [0.15, 0.2) is 52.2 Å². The molecule has 0 bridgehead atoms. The molecule has 0 aliphatic carbocycles. The number of nitrogens with one attached hydrogen (secondary N) is 2. The van der Waals surface area contributed by atoms with Crippen LogP contribution in [-0.4, -0.2) is 18.2 Å². The Morgan fingerprint density at radius 2 is 2.05 bits per heavy atom. The molecule has 1 heterocycles. The molecule has 0 atom stereocenters. The van der Waals surface area contributed by atoms with E-state index in [-0.39, 0.29) is 18.3 Å². The van der Waals surface area contributed by atoms with Crippen LogP contribution >= 0.6 is 0 Å². The Bertz CT molecular complexity index is 621. The van der Waals surface area contributed by atoms with Crippen molar-refractivity contribution in [1.29, 1.82) is 0 Å². The number of furan rings is 1. The minimum absolute atomic E-state index is 0.0700. The molecule has 0 spiro atoms. The van der Waals surface area contributed by atoms with Gasteiger partial charge in [-0.2, -0.15) is 5.10 Å². The highest BCUT2D eigenvalue weighted by atomic mass is 19.1. The number of anilines is 1. The lowest BCUT2D eigenvalue weighted by atomic mass is 10.2. The molecule has 0 saturated heterocycles. The number of amides is 1. The zero-order valence-corrected chi connectivity index (χ0v) is 12.3. The maximum Gasteiger partial charge on any atom is 0.259 e. The van der Waals surface area contributed by atoms with Crippen molar-refractivity contribution < 1.29 is 13.6 Å². The monoisotopic (exact) mass is 303 g/mol. The van der Waals surface area contributed by atoms with E-state index < -0.39 is 0 Å². The fourth-order valence-corrected chi connectivity index (χ4v) is 1.76. The van der Waals surface area contributed by atoms with Crippen molar-refractivity contribution in [1.82, 2.24) is 5.43 Å². The fraction of sp³-hybridized carbons (Fsp3) is 0.250. The third-order valence-corrected chi connectivity index (χ3v) is 2.98. The first-order valence-corrected chi connectivity index (χ1v) is 6.97. The van der Waals surface area contributed by atoms with Gasteiger partial charge in [0.05, 0.1) is 12.8 Å². The molecular weight excluding hydrogens is 285 g/mol. The molecule has 0 fully saturated rings. The van der Waals surface area contributed by atoms with Crippen LogP contribution in [0.4, 0.5) is 10.1 Å². The molecule has 116 valence electrons. The third-order valence-electron chi connectivity index (χ3n) is 2.98. The lowest BCUT2D eigenvalue weighted by molar-refractivity contribution is -0.119. The van der Waals surface area contributed by atoms with Crippen LogP contribution in [0.3, 0.4) is 0 Å². The van der Waals surface area contributed by atoms with Crippen molar-refractivity contribution in [2.75, 3.05) is 11.9 Å². The van der Waals surface area contributed by atoms with Crippen molar-refractivity contribution >= 4 is 17.3 Å². The maximum absolute atomic E-state index is 12.7. The number of carbonyl (C=O) groups is 1. The number of aryl methyl sites for hydroxylation is 1. The van der Waals surface area contributed by atoms with Crippen LogP contribution in [0, 0.1) is 5.82 Å². The Balaban J connectivity index is 1.69. The molecule has 2 N–H and O–H groups in total. The predicted octanol–water partition coefficient (Wildman–Crippen LogP) is 2.96. The van der Waals surface area contributed by atoms with Gasteiger partial charge >= 0.3 is 0 Å². The van der Waals surface area contributed by atoms with Crippen molar-refractivity contribution in [3.8, 4) is 0 Å². The molecule has 0 aliphatic heterocycles. The van der Waals surface area contributed by atoms with Crippen LogP contribution in [-0.2, 0) is 11.2 Å². The molecule has 1 amide bonds. The Morgan fingerprint density at radius 1 is 1.27 bits per heavy atom.